The van der Waals surface area contributed by atoms with Crippen LogP contribution in [-0.4, -0.2) is 39.6 Å². The van der Waals surface area contributed by atoms with Crippen molar-refractivity contribution in [3.8, 4) is 0 Å². The quantitative estimate of drug-likeness (QED) is 0.616. The molecule has 1 saturated heterocycles. The second kappa shape index (κ2) is 11.0. The third-order valence-corrected chi connectivity index (χ3v) is 6.35. The molecular weight excluding hydrogens is 437 g/mol. The van der Waals surface area contributed by atoms with Crippen molar-refractivity contribution in [2.75, 3.05) is 6.61 Å². The third-order valence-electron chi connectivity index (χ3n) is 5.85. The Hall–Kier alpha value is -2.08. The van der Waals surface area contributed by atoms with Crippen molar-refractivity contribution in [1.29, 1.82) is 0 Å². The van der Waals surface area contributed by atoms with Crippen molar-refractivity contribution >= 4 is 35.1 Å². The second-order valence-electron chi connectivity index (χ2n) is 8.07. The van der Waals surface area contributed by atoms with Crippen LogP contribution in [0.1, 0.15) is 43.7 Å². The van der Waals surface area contributed by atoms with Gasteiger partial charge in [-0.1, -0.05) is 53.5 Å². The number of nitrogens with zero attached hydrogens (tertiary/aromatic N) is 1. The Morgan fingerprint density at radius 2 is 1.58 bits per heavy atom. The first-order chi connectivity index (χ1) is 14.9. The lowest BCUT2D eigenvalue weighted by atomic mass is 9.85. The smallest absolute Gasteiger partial charge is 0.304 e. The standard InChI is InChI=1S/C18H22ClNO4.C6H5Cl/c19-14-6-3-11(4-7-14)15-8-5-13(9-17(22)23)18(24)20(15)16(10-21)12-1-2-12;7-6-4-2-1-3-5-6/h3-4,6-7,12-13,15-16,21H,1-2,5,8-10H2,(H,22,23);1-5H. The second-order valence-corrected chi connectivity index (χ2v) is 8.94. The summed E-state index contributed by atoms with van der Waals surface area (Å²) in [6, 6.07) is 16.5. The van der Waals surface area contributed by atoms with E-state index in [-0.39, 0.29) is 31.0 Å². The number of hydrogen-bond acceptors (Lipinski definition) is 3. The normalized spacial score (nSPS) is 21.8. The molecule has 166 valence electrons. The van der Waals surface area contributed by atoms with Gasteiger partial charge in [0.1, 0.15) is 0 Å². The van der Waals surface area contributed by atoms with Gasteiger partial charge in [0.25, 0.3) is 0 Å². The van der Waals surface area contributed by atoms with Crippen molar-refractivity contribution in [3.63, 3.8) is 0 Å². The van der Waals surface area contributed by atoms with Crippen LogP contribution in [0.5, 0.6) is 0 Å². The third kappa shape index (κ3) is 6.45. The molecule has 0 aromatic heterocycles. The minimum Gasteiger partial charge on any atom is -0.481 e. The zero-order valence-corrected chi connectivity index (χ0v) is 18.7. The molecule has 31 heavy (non-hydrogen) atoms. The number of carbonyl (C=O) groups is 2. The summed E-state index contributed by atoms with van der Waals surface area (Å²) < 4.78 is 0. The molecule has 2 aliphatic rings. The van der Waals surface area contributed by atoms with Gasteiger partial charge in [0, 0.05) is 16.0 Å². The fourth-order valence-corrected chi connectivity index (χ4v) is 4.42. The van der Waals surface area contributed by atoms with Crippen molar-refractivity contribution in [2.45, 2.75) is 44.2 Å². The Morgan fingerprint density at radius 1 is 0.968 bits per heavy atom. The minimum absolute atomic E-state index is 0.0830. The summed E-state index contributed by atoms with van der Waals surface area (Å²) >= 11 is 11.5. The monoisotopic (exact) mass is 463 g/mol. The van der Waals surface area contributed by atoms with Gasteiger partial charge >= 0.3 is 5.97 Å². The zero-order valence-electron chi connectivity index (χ0n) is 17.2. The average molecular weight is 464 g/mol. The highest BCUT2D eigenvalue weighted by Crippen LogP contribution is 2.43. The fourth-order valence-electron chi connectivity index (χ4n) is 4.15. The lowest BCUT2D eigenvalue weighted by Crippen LogP contribution is -2.51. The van der Waals surface area contributed by atoms with Gasteiger partial charge < -0.3 is 15.1 Å². The molecule has 2 fully saturated rings. The highest BCUT2D eigenvalue weighted by atomic mass is 35.5. The molecule has 5 nitrogen and oxygen atoms in total. The number of rotatable bonds is 6. The van der Waals surface area contributed by atoms with E-state index < -0.39 is 11.9 Å². The van der Waals surface area contributed by atoms with Crippen LogP contribution < -0.4 is 0 Å². The van der Waals surface area contributed by atoms with E-state index in [9.17, 15) is 14.7 Å². The van der Waals surface area contributed by atoms with E-state index in [0.717, 1.165) is 23.4 Å². The Balaban J connectivity index is 0.000000330. The SMILES string of the molecule is Clc1ccccc1.O=C(O)CC1CCC(c2ccc(Cl)cc2)N(C(CO)C2CC2)C1=O. The molecule has 0 bridgehead atoms. The number of aliphatic carboxylic acids is 1. The highest BCUT2D eigenvalue weighted by Gasteiger charge is 2.45. The van der Waals surface area contributed by atoms with Crippen LogP contribution in [0.2, 0.25) is 10.0 Å². The van der Waals surface area contributed by atoms with Gasteiger partial charge in [0.15, 0.2) is 0 Å². The number of halogens is 2. The first-order valence-electron chi connectivity index (χ1n) is 10.5. The molecule has 1 saturated carbocycles. The first kappa shape index (κ1) is 23.6. The lowest BCUT2D eigenvalue weighted by molar-refractivity contribution is -0.152. The summed E-state index contributed by atoms with van der Waals surface area (Å²) in [7, 11) is 0. The molecule has 1 aliphatic carbocycles. The van der Waals surface area contributed by atoms with E-state index in [1.165, 1.54) is 0 Å². The first-order valence-corrected chi connectivity index (χ1v) is 11.3. The number of carboxylic acids is 1. The van der Waals surface area contributed by atoms with Gasteiger partial charge in [-0.3, -0.25) is 9.59 Å². The van der Waals surface area contributed by atoms with Gasteiger partial charge in [0.05, 0.1) is 25.1 Å². The highest BCUT2D eigenvalue weighted by molar-refractivity contribution is 6.30. The van der Waals surface area contributed by atoms with Crippen LogP contribution in [0.15, 0.2) is 54.6 Å². The predicted octanol–water partition coefficient (Wildman–Crippen LogP) is 5.21. The molecular formula is C24H27Cl2NO4. The van der Waals surface area contributed by atoms with Gasteiger partial charge in [-0.2, -0.15) is 0 Å². The van der Waals surface area contributed by atoms with Crippen LogP contribution in [-0.2, 0) is 9.59 Å². The number of benzene rings is 2. The molecule has 3 unspecified atom stereocenters. The molecule has 2 N–H and O–H groups in total. The fraction of sp³-hybridized carbons (Fsp3) is 0.417. The van der Waals surface area contributed by atoms with Crippen LogP contribution in [0.3, 0.4) is 0 Å². The maximum absolute atomic E-state index is 13.0. The molecule has 1 heterocycles. The van der Waals surface area contributed by atoms with E-state index in [2.05, 4.69) is 0 Å². The van der Waals surface area contributed by atoms with Gasteiger partial charge in [-0.25, -0.2) is 0 Å². The Morgan fingerprint density at radius 3 is 2.06 bits per heavy atom. The zero-order chi connectivity index (χ0) is 22.4. The maximum atomic E-state index is 13.0. The number of hydrogen-bond donors (Lipinski definition) is 2. The number of amides is 1. The molecule has 4 rings (SSSR count). The van der Waals surface area contributed by atoms with Crippen molar-refractivity contribution < 1.29 is 19.8 Å². The lowest BCUT2D eigenvalue weighted by Gasteiger charge is -2.44. The number of aliphatic hydroxyl groups is 1. The average Bonchev–Trinajstić information content (AvgIpc) is 3.58. The van der Waals surface area contributed by atoms with Gasteiger partial charge in [0.2, 0.25) is 5.91 Å². The summed E-state index contributed by atoms with van der Waals surface area (Å²) in [5.74, 6) is -1.28. The molecule has 2 aromatic rings. The van der Waals surface area contributed by atoms with Crippen molar-refractivity contribution in [2.24, 2.45) is 11.8 Å². The van der Waals surface area contributed by atoms with E-state index in [1.54, 1.807) is 17.0 Å². The molecule has 7 heteroatoms. The summed E-state index contributed by atoms with van der Waals surface area (Å²) in [6.07, 6.45) is 3.12. The molecule has 2 aromatic carbocycles. The number of aliphatic hydroxyl groups excluding tert-OH is 1. The largest absolute Gasteiger partial charge is 0.481 e. The maximum Gasteiger partial charge on any atom is 0.304 e. The van der Waals surface area contributed by atoms with Gasteiger partial charge in [-0.05, 0) is 61.4 Å². The molecule has 3 atom stereocenters. The van der Waals surface area contributed by atoms with Crippen LogP contribution >= 0.6 is 23.2 Å². The number of piperidine rings is 1. The predicted molar refractivity (Wildman–Crippen MR) is 121 cm³/mol. The Labute approximate surface area is 192 Å². The van der Waals surface area contributed by atoms with E-state index in [1.807, 2.05) is 42.5 Å². The van der Waals surface area contributed by atoms with E-state index in [0.29, 0.717) is 23.8 Å². The molecule has 0 spiro atoms. The van der Waals surface area contributed by atoms with E-state index in [4.69, 9.17) is 28.3 Å². The summed E-state index contributed by atoms with van der Waals surface area (Å²) in [6.45, 7) is -0.0830. The molecule has 1 aliphatic heterocycles. The summed E-state index contributed by atoms with van der Waals surface area (Å²) in [5.41, 5.74) is 0.987. The van der Waals surface area contributed by atoms with Gasteiger partial charge in [-0.15, -0.1) is 0 Å². The summed E-state index contributed by atoms with van der Waals surface area (Å²) in [5, 5.41) is 20.3. The van der Waals surface area contributed by atoms with Crippen molar-refractivity contribution in [3.05, 3.63) is 70.2 Å². The van der Waals surface area contributed by atoms with Crippen LogP contribution in [0.4, 0.5) is 0 Å². The number of carbonyl (C=O) groups excluding carboxylic acids is 1. The molecule has 1 amide bonds. The summed E-state index contributed by atoms with van der Waals surface area (Å²) in [4.78, 5) is 25.8. The Kier molecular flexibility index (Phi) is 8.35. The minimum atomic E-state index is -0.954. The number of carboxylic acid groups (broad SMARTS) is 1. The number of likely N-dealkylation sites (tertiary alicyclic amines) is 1. The Bertz CT molecular complexity index is 871. The topological polar surface area (TPSA) is 77.8 Å². The van der Waals surface area contributed by atoms with Crippen LogP contribution in [0, 0.1) is 11.8 Å². The van der Waals surface area contributed by atoms with Crippen LogP contribution in [0.25, 0.3) is 0 Å². The molecule has 0 radical (unpaired) electrons. The van der Waals surface area contributed by atoms with Crippen molar-refractivity contribution in [1.82, 2.24) is 4.90 Å². The van der Waals surface area contributed by atoms with E-state index >= 15 is 0 Å².